The monoisotopic (exact) mass is 252 g/mol. The van der Waals surface area contributed by atoms with Crippen LogP contribution in [0.3, 0.4) is 0 Å². The maximum Gasteiger partial charge on any atom is 0.115 e. The van der Waals surface area contributed by atoms with Gasteiger partial charge in [0.05, 0.1) is 5.92 Å². The molecule has 2 heteroatoms. The van der Waals surface area contributed by atoms with Gasteiger partial charge in [-0.3, -0.25) is 0 Å². The van der Waals surface area contributed by atoms with Gasteiger partial charge in [-0.25, -0.2) is 0 Å². The Hall–Kier alpha value is -2.40. The first-order valence-electron chi connectivity index (χ1n) is 6.33. The van der Waals surface area contributed by atoms with E-state index in [2.05, 4.69) is 5.92 Å². The summed E-state index contributed by atoms with van der Waals surface area (Å²) < 4.78 is 0. The molecule has 3 rings (SSSR count). The second kappa shape index (κ2) is 5.07. The Kier molecular flexibility index (Phi) is 3.48. The van der Waals surface area contributed by atoms with Crippen LogP contribution in [0, 0.1) is 12.3 Å². The van der Waals surface area contributed by atoms with Crippen molar-refractivity contribution in [1.82, 2.24) is 0 Å². The van der Waals surface area contributed by atoms with Gasteiger partial charge in [0.15, 0.2) is 0 Å². The Balaban J connectivity index is 0.000000637. The predicted octanol–water partition coefficient (Wildman–Crippen LogP) is 3.87. The lowest BCUT2D eigenvalue weighted by Gasteiger charge is -2.05. The molecule has 0 fully saturated rings. The summed E-state index contributed by atoms with van der Waals surface area (Å²) in [5, 5.41) is 19.1. The molecule has 2 aromatic rings. The number of phenolic OH excluding ortho intramolecular Hbond substituents is 2. The molecule has 0 amide bonds. The molecule has 1 aliphatic carbocycles. The van der Waals surface area contributed by atoms with E-state index in [4.69, 9.17) is 6.42 Å². The van der Waals surface area contributed by atoms with Gasteiger partial charge in [-0.2, -0.15) is 0 Å². The van der Waals surface area contributed by atoms with Crippen molar-refractivity contribution in [3.8, 4) is 35.0 Å². The van der Waals surface area contributed by atoms with Gasteiger partial charge in [0.1, 0.15) is 11.5 Å². The van der Waals surface area contributed by atoms with E-state index in [0.717, 1.165) is 22.3 Å². The lowest BCUT2D eigenvalue weighted by atomic mass is 9.98. The molecular weight excluding hydrogens is 236 g/mol. The Morgan fingerprint density at radius 2 is 1.32 bits per heavy atom. The Morgan fingerprint density at radius 3 is 1.68 bits per heavy atom. The topological polar surface area (TPSA) is 40.5 Å². The highest BCUT2D eigenvalue weighted by Crippen LogP contribution is 2.46. The number of benzene rings is 2. The number of aromatic hydroxyl groups is 2. The minimum absolute atomic E-state index is 0.195. The molecule has 2 nitrogen and oxygen atoms in total. The van der Waals surface area contributed by atoms with E-state index in [0.29, 0.717) is 0 Å². The summed E-state index contributed by atoms with van der Waals surface area (Å²) in [6, 6.07) is 10.4. The molecule has 0 atom stereocenters. The lowest BCUT2D eigenvalue weighted by molar-refractivity contribution is 0.474. The SMILES string of the molecule is C#CC1c2cc(O)ccc2-c2ccc(O)cc21.CC. The third kappa shape index (κ3) is 2.04. The second-order valence-corrected chi connectivity index (χ2v) is 4.14. The molecule has 0 spiro atoms. The van der Waals surface area contributed by atoms with Gasteiger partial charge in [-0.1, -0.05) is 31.9 Å². The van der Waals surface area contributed by atoms with Crippen LogP contribution in [0.2, 0.25) is 0 Å². The number of terminal acetylenes is 1. The maximum absolute atomic E-state index is 9.53. The second-order valence-electron chi connectivity index (χ2n) is 4.14. The normalized spacial score (nSPS) is 11.8. The highest BCUT2D eigenvalue weighted by molar-refractivity contribution is 5.81. The zero-order valence-electron chi connectivity index (χ0n) is 11.0. The maximum atomic E-state index is 9.53. The van der Waals surface area contributed by atoms with Crippen LogP contribution in [0.25, 0.3) is 11.1 Å². The standard InChI is InChI=1S/C15H10O2.C2H6/c1-2-11-14-7-9(16)3-5-12(14)13-6-4-10(17)8-15(11)13;1-2/h1,3-8,11,16-17H;1-2H3. The van der Waals surface area contributed by atoms with Crippen LogP contribution in [0.4, 0.5) is 0 Å². The van der Waals surface area contributed by atoms with E-state index >= 15 is 0 Å². The van der Waals surface area contributed by atoms with Crippen LogP contribution in [0.1, 0.15) is 30.9 Å². The van der Waals surface area contributed by atoms with Crippen LogP contribution < -0.4 is 0 Å². The molecule has 0 unspecified atom stereocenters. The number of hydrogen-bond acceptors (Lipinski definition) is 2. The molecule has 0 heterocycles. The third-order valence-electron chi connectivity index (χ3n) is 3.15. The van der Waals surface area contributed by atoms with Crippen molar-refractivity contribution in [2.75, 3.05) is 0 Å². The summed E-state index contributed by atoms with van der Waals surface area (Å²) in [5.74, 6) is 2.93. The molecule has 19 heavy (non-hydrogen) atoms. The van der Waals surface area contributed by atoms with Gasteiger partial charge in [-0.05, 0) is 46.5 Å². The zero-order chi connectivity index (χ0) is 14.0. The van der Waals surface area contributed by atoms with E-state index < -0.39 is 0 Å². The average molecular weight is 252 g/mol. The van der Waals surface area contributed by atoms with Crippen molar-refractivity contribution in [1.29, 1.82) is 0 Å². The summed E-state index contributed by atoms with van der Waals surface area (Å²) in [4.78, 5) is 0. The number of hydrogen-bond donors (Lipinski definition) is 2. The summed E-state index contributed by atoms with van der Waals surface area (Å²) in [5.41, 5.74) is 3.91. The van der Waals surface area contributed by atoms with Crippen LogP contribution in [0.15, 0.2) is 36.4 Å². The van der Waals surface area contributed by atoms with Crippen LogP contribution >= 0.6 is 0 Å². The molecule has 0 bridgehead atoms. The van der Waals surface area contributed by atoms with Crippen LogP contribution in [-0.2, 0) is 0 Å². The smallest absolute Gasteiger partial charge is 0.115 e. The minimum Gasteiger partial charge on any atom is -0.508 e. The summed E-state index contributed by atoms with van der Waals surface area (Å²) in [6.07, 6.45) is 5.55. The van der Waals surface area contributed by atoms with E-state index in [-0.39, 0.29) is 17.4 Å². The summed E-state index contributed by atoms with van der Waals surface area (Å²) >= 11 is 0. The van der Waals surface area contributed by atoms with Gasteiger partial charge < -0.3 is 10.2 Å². The number of fused-ring (bicyclic) bond motifs is 3. The van der Waals surface area contributed by atoms with Crippen LogP contribution in [-0.4, -0.2) is 10.2 Å². The molecule has 0 saturated carbocycles. The fraction of sp³-hybridized carbons (Fsp3) is 0.176. The van der Waals surface area contributed by atoms with E-state index in [1.54, 1.807) is 24.3 Å². The van der Waals surface area contributed by atoms with Crippen molar-refractivity contribution < 1.29 is 10.2 Å². The van der Waals surface area contributed by atoms with Crippen molar-refractivity contribution in [3.05, 3.63) is 47.5 Å². The molecule has 2 aromatic carbocycles. The van der Waals surface area contributed by atoms with Crippen molar-refractivity contribution in [2.45, 2.75) is 19.8 Å². The average Bonchev–Trinajstić information content (AvgIpc) is 2.72. The Labute approximate surface area is 113 Å². The van der Waals surface area contributed by atoms with E-state index in [1.807, 2.05) is 26.0 Å². The predicted molar refractivity (Wildman–Crippen MR) is 77.2 cm³/mol. The fourth-order valence-electron chi connectivity index (χ4n) is 2.42. The largest absolute Gasteiger partial charge is 0.508 e. The molecule has 96 valence electrons. The molecule has 0 aliphatic heterocycles. The fourth-order valence-corrected chi connectivity index (χ4v) is 2.42. The molecule has 1 aliphatic rings. The number of phenols is 2. The summed E-state index contributed by atoms with van der Waals surface area (Å²) in [7, 11) is 0. The van der Waals surface area contributed by atoms with Gasteiger partial charge in [0, 0.05) is 0 Å². The number of rotatable bonds is 0. The van der Waals surface area contributed by atoms with Gasteiger partial charge in [-0.15, -0.1) is 6.42 Å². The molecule has 2 N–H and O–H groups in total. The Morgan fingerprint density at radius 1 is 0.895 bits per heavy atom. The van der Waals surface area contributed by atoms with Gasteiger partial charge in [0.25, 0.3) is 0 Å². The van der Waals surface area contributed by atoms with E-state index in [1.165, 1.54) is 0 Å². The zero-order valence-corrected chi connectivity index (χ0v) is 11.0. The first kappa shape index (κ1) is 13.0. The van der Waals surface area contributed by atoms with Crippen molar-refractivity contribution >= 4 is 0 Å². The van der Waals surface area contributed by atoms with Gasteiger partial charge >= 0.3 is 0 Å². The summed E-state index contributed by atoms with van der Waals surface area (Å²) in [6.45, 7) is 4.00. The molecule has 0 radical (unpaired) electrons. The molecule has 0 saturated heterocycles. The minimum atomic E-state index is -0.195. The quantitative estimate of drug-likeness (QED) is 0.699. The highest BCUT2D eigenvalue weighted by Gasteiger charge is 2.27. The first-order chi connectivity index (χ1) is 9.20. The first-order valence-corrected chi connectivity index (χ1v) is 6.33. The highest BCUT2D eigenvalue weighted by atomic mass is 16.3. The van der Waals surface area contributed by atoms with Gasteiger partial charge in [0.2, 0.25) is 0 Å². The van der Waals surface area contributed by atoms with Crippen molar-refractivity contribution in [2.24, 2.45) is 0 Å². The lowest BCUT2D eigenvalue weighted by Crippen LogP contribution is -1.91. The van der Waals surface area contributed by atoms with Crippen molar-refractivity contribution in [3.63, 3.8) is 0 Å². The Bertz CT molecular complexity index is 599. The van der Waals surface area contributed by atoms with E-state index in [9.17, 15) is 10.2 Å². The van der Waals surface area contributed by atoms with Crippen LogP contribution in [0.5, 0.6) is 11.5 Å². The molecule has 0 aromatic heterocycles. The third-order valence-corrected chi connectivity index (χ3v) is 3.15. The molecular formula is C17H16O2.